The number of carboxylic acids is 1. The van der Waals surface area contributed by atoms with Gasteiger partial charge >= 0.3 is 12.0 Å². The summed E-state index contributed by atoms with van der Waals surface area (Å²) >= 11 is 0. The van der Waals surface area contributed by atoms with Crippen molar-refractivity contribution in [1.29, 1.82) is 0 Å². The fourth-order valence-electron chi connectivity index (χ4n) is 2.05. The van der Waals surface area contributed by atoms with Gasteiger partial charge in [-0.3, -0.25) is 4.79 Å². The van der Waals surface area contributed by atoms with Crippen LogP contribution in [0.4, 0.5) is 4.79 Å². The molecule has 2 amide bonds. The van der Waals surface area contributed by atoms with Crippen LogP contribution in [-0.4, -0.2) is 67.6 Å². The Kier molecular flexibility index (Phi) is 6.74. The maximum Gasteiger partial charge on any atom is 0.317 e. The predicted molar refractivity (Wildman–Crippen MR) is 72.6 cm³/mol. The fourth-order valence-corrected chi connectivity index (χ4v) is 2.05. The molecule has 7 heteroatoms. The van der Waals surface area contributed by atoms with Gasteiger partial charge in [0.2, 0.25) is 0 Å². The van der Waals surface area contributed by atoms with Gasteiger partial charge in [0, 0.05) is 20.2 Å². The van der Waals surface area contributed by atoms with E-state index in [-0.39, 0.29) is 24.4 Å². The lowest BCUT2D eigenvalue weighted by Crippen LogP contribution is -2.53. The number of nitrogens with zero attached hydrogens (tertiary/aromatic N) is 1. The first-order valence-electron chi connectivity index (χ1n) is 6.81. The molecule has 1 saturated heterocycles. The molecular formula is C13H24N2O5. The molecule has 0 aromatic carbocycles. The average Bonchev–Trinajstić information content (AvgIpc) is 2.37. The maximum atomic E-state index is 12.2. The number of methoxy groups -OCH3 is 1. The van der Waals surface area contributed by atoms with Crippen molar-refractivity contribution < 1.29 is 24.2 Å². The molecule has 1 aliphatic heterocycles. The molecule has 20 heavy (non-hydrogen) atoms. The molecule has 7 nitrogen and oxygen atoms in total. The minimum atomic E-state index is -0.920. The fraction of sp³-hybridized carbons (Fsp3) is 0.846. The number of amides is 2. The summed E-state index contributed by atoms with van der Waals surface area (Å²) in [5, 5.41) is 11.7. The largest absolute Gasteiger partial charge is 0.481 e. The molecule has 1 aliphatic rings. The molecule has 2 unspecified atom stereocenters. The first kappa shape index (κ1) is 16.7. The first-order chi connectivity index (χ1) is 9.43. The summed E-state index contributed by atoms with van der Waals surface area (Å²) in [7, 11) is 1.60. The van der Waals surface area contributed by atoms with Gasteiger partial charge in [-0.1, -0.05) is 13.8 Å². The molecule has 0 aliphatic carbocycles. The quantitative estimate of drug-likeness (QED) is 0.745. The van der Waals surface area contributed by atoms with E-state index in [1.807, 2.05) is 13.8 Å². The number of carbonyl (C=O) groups excluding carboxylic acids is 1. The number of morpholine rings is 1. The second-order valence-electron chi connectivity index (χ2n) is 5.29. The van der Waals surface area contributed by atoms with Crippen molar-refractivity contribution in [3.63, 3.8) is 0 Å². The molecule has 0 saturated carbocycles. The van der Waals surface area contributed by atoms with Gasteiger partial charge in [-0.25, -0.2) is 4.79 Å². The highest BCUT2D eigenvalue weighted by Gasteiger charge is 2.27. The summed E-state index contributed by atoms with van der Waals surface area (Å²) in [6.07, 6.45) is -0.526. The van der Waals surface area contributed by atoms with Crippen molar-refractivity contribution in [2.45, 2.75) is 32.4 Å². The highest BCUT2D eigenvalue weighted by Crippen LogP contribution is 2.10. The average molecular weight is 288 g/mol. The summed E-state index contributed by atoms with van der Waals surface area (Å²) in [6, 6.07) is -0.257. The van der Waals surface area contributed by atoms with Crippen molar-refractivity contribution in [2.24, 2.45) is 5.92 Å². The lowest BCUT2D eigenvalue weighted by molar-refractivity contribution is -0.141. The Balaban J connectivity index is 2.51. The van der Waals surface area contributed by atoms with Crippen molar-refractivity contribution >= 4 is 12.0 Å². The molecule has 1 heterocycles. The third-order valence-electron chi connectivity index (χ3n) is 3.29. The second-order valence-corrected chi connectivity index (χ2v) is 5.29. The minimum absolute atomic E-state index is 0.0618. The molecular weight excluding hydrogens is 264 g/mol. The first-order valence-corrected chi connectivity index (χ1v) is 6.81. The lowest BCUT2D eigenvalue weighted by atomic mass is 10.1. The van der Waals surface area contributed by atoms with Crippen LogP contribution < -0.4 is 5.32 Å². The summed E-state index contributed by atoms with van der Waals surface area (Å²) in [5.41, 5.74) is 0. The van der Waals surface area contributed by atoms with Crippen molar-refractivity contribution in [3.8, 4) is 0 Å². The zero-order chi connectivity index (χ0) is 15.1. The highest BCUT2D eigenvalue weighted by atomic mass is 16.5. The Morgan fingerprint density at radius 2 is 2.20 bits per heavy atom. The van der Waals surface area contributed by atoms with E-state index in [0.717, 1.165) is 0 Å². The normalized spacial score (nSPS) is 20.8. The number of hydrogen-bond acceptors (Lipinski definition) is 4. The number of ether oxygens (including phenoxy) is 2. The zero-order valence-corrected chi connectivity index (χ0v) is 12.3. The molecule has 0 radical (unpaired) electrons. The van der Waals surface area contributed by atoms with Crippen LogP contribution in [0.15, 0.2) is 0 Å². The smallest absolute Gasteiger partial charge is 0.317 e. The molecule has 116 valence electrons. The van der Waals surface area contributed by atoms with Crippen molar-refractivity contribution in [2.75, 3.05) is 33.4 Å². The SMILES string of the molecule is COCC(NC(=O)N1CCOC(CC(=O)O)C1)C(C)C. The predicted octanol–water partition coefficient (Wildman–Crippen LogP) is 0.543. The van der Waals surface area contributed by atoms with E-state index in [1.54, 1.807) is 12.0 Å². The number of rotatable bonds is 6. The van der Waals surface area contributed by atoms with Gasteiger partial charge in [0.1, 0.15) is 0 Å². The number of carbonyl (C=O) groups is 2. The summed E-state index contributed by atoms with van der Waals surface area (Å²) in [5.74, 6) is -0.661. The van der Waals surface area contributed by atoms with Gasteiger partial charge < -0.3 is 24.8 Å². The van der Waals surface area contributed by atoms with Crippen LogP contribution in [0.25, 0.3) is 0 Å². The molecule has 2 N–H and O–H groups in total. The van der Waals surface area contributed by atoms with Crippen LogP contribution in [0.1, 0.15) is 20.3 Å². The van der Waals surface area contributed by atoms with Crippen molar-refractivity contribution in [1.82, 2.24) is 10.2 Å². The number of hydrogen-bond donors (Lipinski definition) is 2. The molecule has 2 atom stereocenters. The summed E-state index contributed by atoms with van der Waals surface area (Å²) < 4.78 is 10.4. The topological polar surface area (TPSA) is 88.1 Å². The molecule has 0 aromatic heterocycles. The van der Waals surface area contributed by atoms with Gasteiger partial charge in [-0.05, 0) is 5.92 Å². The monoisotopic (exact) mass is 288 g/mol. The van der Waals surface area contributed by atoms with E-state index in [9.17, 15) is 9.59 Å². The Morgan fingerprint density at radius 3 is 2.75 bits per heavy atom. The molecule has 0 spiro atoms. The van der Waals surface area contributed by atoms with Gasteiger partial charge in [-0.15, -0.1) is 0 Å². The number of carboxylic acid groups (broad SMARTS) is 1. The molecule has 0 bridgehead atoms. The Morgan fingerprint density at radius 1 is 1.50 bits per heavy atom. The molecule has 0 aromatic rings. The van der Waals surface area contributed by atoms with Crippen LogP contribution in [0, 0.1) is 5.92 Å². The van der Waals surface area contributed by atoms with E-state index >= 15 is 0 Å². The van der Waals surface area contributed by atoms with Crippen molar-refractivity contribution in [3.05, 3.63) is 0 Å². The minimum Gasteiger partial charge on any atom is -0.481 e. The number of aliphatic carboxylic acids is 1. The number of urea groups is 1. The summed E-state index contributed by atoms with van der Waals surface area (Å²) in [4.78, 5) is 24.5. The third-order valence-corrected chi connectivity index (χ3v) is 3.29. The van der Waals surface area contributed by atoms with Gasteiger partial charge in [-0.2, -0.15) is 0 Å². The number of nitrogens with one attached hydrogen (secondary N) is 1. The summed E-state index contributed by atoms with van der Waals surface area (Å²) in [6.45, 7) is 5.61. The maximum absolute atomic E-state index is 12.2. The zero-order valence-electron chi connectivity index (χ0n) is 12.3. The molecule has 1 fully saturated rings. The van der Waals surface area contributed by atoms with Gasteiger partial charge in [0.25, 0.3) is 0 Å². The Bertz CT molecular complexity index is 335. The van der Waals surface area contributed by atoms with E-state index in [1.165, 1.54) is 0 Å². The van der Waals surface area contributed by atoms with E-state index in [2.05, 4.69) is 5.32 Å². The van der Waals surface area contributed by atoms with Gasteiger partial charge in [0.15, 0.2) is 0 Å². The van der Waals surface area contributed by atoms with Crippen LogP contribution in [0.3, 0.4) is 0 Å². The third kappa shape index (κ3) is 5.34. The van der Waals surface area contributed by atoms with Crippen LogP contribution in [0.5, 0.6) is 0 Å². The van der Waals surface area contributed by atoms with E-state index in [4.69, 9.17) is 14.6 Å². The van der Waals surface area contributed by atoms with Crippen LogP contribution in [-0.2, 0) is 14.3 Å². The molecule has 1 rings (SSSR count). The van der Waals surface area contributed by atoms with Crippen LogP contribution in [0.2, 0.25) is 0 Å². The highest BCUT2D eigenvalue weighted by molar-refractivity contribution is 5.75. The van der Waals surface area contributed by atoms with E-state index < -0.39 is 12.1 Å². The van der Waals surface area contributed by atoms with Crippen LogP contribution >= 0.6 is 0 Å². The second kappa shape index (κ2) is 8.06. The Labute approximate surface area is 119 Å². The van der Waals surface area contributed by atoms with Gasteiger partial charge in [0.05, 0.1) is 31.8 Å². The Hall–Kier alpha value is -1.34. The standard InChI is InChI=1S/C13H24N2O5/c1-9(2)11(8-19-3)14-13(18)15-4-5-20-10(7-15)6-12(16)17/h9-11H,4-8H2,1-3H3,(H,14,18)(H,16,17). The lowest BCUT2D eigenvalue weighted by Gasteiger charge is -2.34. The van der Waals surface area contributed by atoms with E-state index in [0.29, 0.717) is 26.3 Å².